The molecule has 0 aliphatic heterocycles. The number of pyridine rings is 1. The molecule has 0 radical (unpaired) electrons. The number of rotatable bonds is 4. The van der Waals surface area contributed by atoms with Crippen molar-refractivity contribution in [1.29, 1.82) is 0 Å². The van der Waals surface area contributed by atoms with Crippen LogP contribution in [0, 0.1) is 0 Å². The number of para-hydroxylation sites is 1. The molecule has 26 heavy (non-hydrogen) atoms. The molecular weight excluding hydrogens is 318 g/mol. The van der Waals surface area contributed by atoms with Crippen LogP contribution in [-0.4, -0.2) is 11.3 Å². The lowest BCUT2D eigenvalue weighted by atomic mass is 10.1. The average molecular weight is 352 g/mol. The summed E-state index contributed by atoms with van der Waals surface area (Å²) in [5, 5.41) is 1.17. The molecule has 0 aliphatic carbocycles. The Bertz CT molecular complexity index is 733. The molecule has 3 rings (SSSR count). The Kier molecular flexibility index (Phi) is 13.4. The predicted molar refractivity (Wildman–Crippen MR) is 115 cm³/mol. The highest BCUT2D eigenvalue weighted by molar-refractivity contribution is 5.78. The van der Waals surface area contributed by atoms with Crippen molar-refractivity contribution in [2.45, 2.75) is 54.4 Å². The monoisotopic (exact) mass is 351 g/mol. The first-order valence-corrected chi connectivity index (χ1v) is 9.74. The van der Waals surface area contributed by atoms with Gasteiger partial charge in [0.05, 0.1) is 5.52 Å². The molecule has 2 nitrogen and oxygen atoms in total. The van der Waals surface area contributed by atoms with Gasteiger partial charge in [0.15, 0.2) is 0 Å². The lowest BCUT2D eigenvalue weighted by Crippen LogP contribution is -1.95. The van der Waals surface area contributed by atoms with Crippen LogP contribution >= 0.6 is 0 Å². The molecule has 140 valence electrons. The van der Waals surface area contributed by atoms with Gasteiger partial charge in [-0.3, -0.25) is 9.78 Å². The molecule has 0 aliphatic rings. The van der Waals surface area contributed by atoms with Gasteiger partial charge in [-0.1, -0.05) is 90.1 Å². The van der Waals surface area contributed by atoms with Crippen molar-refractivity contribution >= 4 is 17.2 Å². The minimum Gasteiger partial charge on any atom is -0.298 e. The molecule has 2 heteroatoms. The van der Waals surface area contributed by atoms with Gasteiger partial charge in [-0.15, -0.1) is 0 Å². The van der Waals surface area contributed by atoms with Crippen molar-refractivity contribution in [2.24, 2.45) is 0 Å². The first-order chi connectivity index (χ1) is 12.8. The number of benzene rings is 2. The van der Waals surface area contributed by atoms with E-state index in [9.17, 15) is 4.79 Å². The van der Waals surface area contributed by atoms with E-state index in [1.54, 1.807) is 0 Å². The van der Waals surface area contributed by atoms with Crippen LogP contribution in [0.25, 0.3) is 10.9 Å². The number of hydrogen-bond donors (Lipinski definition) is 0. The Morgan fingerprint density at radius 2 is 1.35 bits per heavy atom. The normalized spacial score (nSPS) is 8.85. The third kappa shape index (κ3) is 7.60. The van der Waals surface area contributed by atoms with E-state index in [-0.39, 0.29) is 0 Å². The molecule has 0 saturated heterocycles. The van der Waals surface area contributed by atoms with Gasteiger partial charge in [0.1, 0.15) is 6.29 Å². The minimum absolute atomic E-state index is 0.720. The van der Waals surface area contributed by atoms with Gasteiger partial charge < -0.3 is 0 Å². The van der Waals surface area contributed by atoms with E-state index in [1.807, 2.05) is 84.0 Å². The second-order valence-electron chi connectivity index (χ2n) is 4.85. The van der Waals surface area contributed by atoms with Crippen LogP contribution in [0.2, 0.25) is 0 Å². The van der Waals surface area contributed by atoms with E-state index < -0.39 is 0 Å². The second kappa shape index (κ2) is 14.8. The lowest BCUT2D eigenvalue weighted by molar-refractivity contribution is 0.112. The number of nitrogens with zero attached hydrogens (tertiary/aromatic N) is 1. The van der Waals surface area contributed by atoms with E-state index in [0.29, 0.717) is 0 Å². The van der Waals surface area contributed by atoms with Crippen LogP contribution in [0.3, 0.4) is 0 Å². The van der Waals surface area contributed by atoms with E-state index in [1.165, 1.54) is 10.9 Å². The maximum absolute atomic E-state index is 10.6. The summed E-state index contributed by atoms with van der Waals surface area (Å²) in [6.07, 6.45) is 2.71. The Morgan fingerprint density at radius 1 is 0.731 bits per heavy atom. The van der Waals surface area contributed by atoms with Crippen molar-refractivity contribution in [1.82, 2.24) is 4.98 Å². The summed E-state index contributed by atoms with van der Waals surface area (Å²) >= 11 is 0. The first kappa shape index (κ1) is 23.5. The Hall–Kier alpha value is -2.48. The Labute approximate surface area is 159 Å². The molecular formula is C24H33NO. The molecule has 0 unspecified atom stereocenters. The van der Waals surface area contributed by atoms with Gasteiger partial charge in [0.25, 0.3) is 0 Å². The summed E-state index contributed by atoms with van der Waals surface area (Å²) < 4.78 is 0. The molecule has 0 N–H and O–H groups in total. The van der Waals surface area contributed by atoms with Crippen LogP contribution in [0.5, 0.6) is 0 Å². The highest BCUT2D eigenvalue weighted by Crippen LogP contribution is 2.13. The van der Waals surface area contributed by atoms with E-state index in [2.05, 4.69) is 23.2 Å². The SMILES string of the molecule is CC.CC.CC.O=Cc1ccc(CCc2ccc3ccccc3n2)cc1. The highest BCUT2D eigenvalue weighted by atomic mass is 16.1. The van der Waals surface area contributed by atoms with Gasteiger partial charge in [-0.2, -0.15) is 0 Å². The first-order valence-electron chi connectivity index (χ1n) is 9.74. The van der Waals surface area contributed by atoms with Gasteiger partial charge in [-0.25, -0.2) is 0 Å². The maximum atomic E-state index is 10.6. The molecule has 0 saturated carbocycles. The largest absolute Gasteiger partial charge is 0.298 e. The summed E-state index contributed by atoms with van der Waals surface area (Å²) in [6, 6.07) is 20.1. The molecule has 0 bridgehead atoms. The molecule has 3 aromatic rings. The summed E-state index contributed by atoms with van der Waals surface area (Å²) in [7, 11) is 0. The number of carbonyl (C=O) groups excluding carboxylic acids is 1. The zero-order valence-corrected chi connectivity index (χ0v) is 17.1. The van der Waals surface area contributed by atoms with Crippen molar-refractivity contribution in [3.8, 4) is 0 Å². The Balaban J connectivity index is 0.000000948. The van der Waals surface area contributed by atoms with Crippen LogP contribution in [0.4, 0.5) is 0 Å². The van der Waals surface area contributed by atoms with Gasteiger partial charge >= 0.3 is 0 Å². The topological polar surface area (TPSA) is 30.0 Å². The zero-order chi connectivity index (χ0) is 19.8. The van der Waals surface area contributed by atoms with Crippen LogP contribution in [0.1, 0.15) is 63.2 Å². The molecule has 2 aromatic carbocycles. The molecule has 0 amide bonds. The molecule has 0 fully saturated rings. The summed E-state index contributed by atoms with van der Waals surface area (Å²) in [5.74, 6) is 0. The summed E-state index contributed by atoms with van der Waals surface area (Å²) in [5.41, 5.74) is 4.09. The number of aryl methyl sites for hydroxylation is 2. The van der Waals surface area contributed by atoms with E-state index in [0.717, 1.165) is 35.9 Å². The number of hydrogen-bond acceptors (Lipinski definition) is 2. The fourth-order valence-electron chi connectivity index (χ4n) is 2.28. The third-order valence-electron chi connectivity index (χ3n) is 3.44. The highest BCUT2D eigenvalue weighted by Gasteiger charge is 2.00. The summed E-state index contributed by atoms with van der Waals surface area (Å²) in [6.45, 7) is 12.0. The number of aldehydes is 1. The average Bonchev–Trinajstić information content (AvgIpc) is 2.76. The van der Waals surface area contributed by atoms with Gasteiger partial charge in [0.2, 0.25) is 0 Å². The predicted octanol–water partition coefficient (Wildman–Crippen LogP) is 6.91. The van der Waals surface area contributed by atoms with Gasteiger partial charge in [0, 0.05) is 16.6 Å². The summed E-state index contributed by atoms with van der Waals surface area (Å²) in [4.78, 5) is 15.3. The lowest BCUT2D eigenvalue weighted by Gasteiger charge is -2.04. The number of fused-ring (bicyclic) bond motifs is 1. The van der Waals surface area contributed by atoms with Crippen molar-refractivity contribution in [3.05, 3.63) is 77.5 Å². The van der Waals surface area contributed by atoms with Gasteiger partial charge in [-0.05, 0) is 30.5 Å². The fourth-order valence-corrected chi connectivity index (χ4v) is 2.28. The second-order valence-corrected chi connectivity index (χ2v) is 4.85. The van der Waals surface area contributed by atoms with Crippen molar-refractivity contribution < 1.29 is 4.79 Å². The zero-order valence-electron chi connectivity index (χ0n) is 17.1. The molecule has 0 atom stereocenters. The van der Waals surface area contributed by atoms with Crippen LogP contribution in [0.15, 0.2) is 60.7 Å². The van der Waals surface area contributed by atoms with Crippen LogP contribution in [-0.2, 0) is 12.8 Å². The minimum atomic E-state index is 0.720. The Morgan fingerprint density at radius 3 is 1.96 bits per heavy atom. The quantitative estimate of drug-likeness (QED) is 0.478. The fraction of sp³-hybridized carbons (Fsp3) is 0.333. The molecule has 1 heterocycles. The molecule has 1 aromatic heterocycles. The van der Waals surface area contributed by atoms with E-state index >= 15 is 0 Å². The standard InChI is InChI=1S/C18H15NO.3C2H6/c20-13-15-7-5-14(6-8-15)9-11-17-12-10-16-3-1-2-4-18(16)19-17;3*1-2/h1-8,10,12-13H,9,11H2;3*1-2H3. The number of aromatic nitrogens is 1. The number of carbonyl (C=O) groups is 1. The third-order valence-corrected chi connectivity index (χ3v) is 3.44. The van der Waals surface area contributed by atoms with Crippen molar-refractivity contribution in [2.75, 3.05) is 0 Å². The smallest absolute Gasteiger partial charge is 0.150 e. The maximum Gasteiger partial charge on any atom is 0.150 e. The molecule has 0 spiro atoms. The van der Waals surface area contributed by atoms with Crippen molar-refractivity contribution in [3.63, 3.8) is 0 Å². The van der Waals surface area contributed by atoms with Crippen LogP contribution < -0.4 is 0 Å². The van der Waals surface area contributed by atoms with E-state index in [4.69, 9.17) is 0 Å².